The molecule has 0 unspecified atom stereocenters. The summed E-state index contributed by atoms with van der Waals surface area (Å²) in [6.45, 7) is 6.87. The molecule has 0 aliphatic carbocycles. The highest BCUT2D eigenvalue weighted by Crippen LogP contribution is 2.31. The van der Waals surface area contributed by atoms with Crippen molar-refractivity contribution in [3.63, 3.8) is 0 Å². The van der Waals surface area contributed by atoms with E-state index in [2.05, 4.69) is 23.1 Å². The molecule has 0 spiro atoms. The standard InChI is InChI=1S/C36H34N4O5S/c1-25-3-11-30(12-4-25)46(42,43)40-16-15-31-32(24-38(2)36(41)35(31)40)34-14-8-28-23-27(7-13-33(28)37-34)26-5-9-29(10-6-26)45-22-19-39-17-20-44-21-18-39/h3-16,23-24H,17-22H2,1-2H3. The quantitative estimate of drug-likeness (QED) is 0.219. The van der Waals surface area contributed by atoms with Crippen LogP contribution in [0.3, 0.4) is 0 Å². The fourth-order valence-electron chi connectivity index (χ4n) is 5.87. The number of fused-ring (bicyclic) bond motifs is 2. The van der Waals surface area contributed by atoms with Crippen LogP contribution in [-0.2, 0) is 21.8 Å². The van der Waals surface area contributed by atoms with Gasteiger partial charge in [0.05, 0.1) is 29.3 Å². The minimum Gasteiger partial charge on any atom is -0.492 e. The highest BCUT2D eigenvalue weighted by molar-refractivity contribution is 7.90. The van der Waals surface area contributed by atoms with E-state index in [4.69, 9.17) is 14.5 Å². The van der Waals surface area contributed by atoms with Crippen LogP contribution in [0.1, 0.15) is 5.56 Å². The first kappa shape index (κ1) is 29.9. The molecule has 7 rings (SSSR count). The van der Waals surface area contributed by atoms with Crippen molar-refractivity contribution in [1.82, 2.24) is 18.4 Å². The second kappa shape index (κ2) is 12.2. The van der Waals surface area contributed by atoms with Crippen molar-refractivity contribution >= 4 is 31.8 Å². The molecule has 46 heavy (non-hydrogen) atoms. The molecule has 0 amide bonds. The number of hydrogen-bond donors (Lipinski definition) is 0. The Hall–Kier alpha value is -4.77. The van der Waals surface area contributed by atoms with Crippen molar-refractivity contribution in [1.29, 1.82) is 0 Å². The maximum atomic E-state index is 13.6. The molecule has 1 fully saturated rings. The summed E-state index contributed by atoms with van der Waals surface area (Å²) in [6, 6.07) is 26.4. The Kier molecular flexibility index (Phi) is 7.94. The predicted molar refractivity (Wildman–Crippen MR) is 180 cm³/mol. The van der Waals surface area contributed by atoms with Gasteiger partial charge in [-0.25, -0.2) is 17.4 Å². The average molecular weight is 635 g/mol. The maximum absolute atomic E-state index is 13.6. The Balaban J connectivity index is 1.16. The van der Waals surface area contributed by atoms with Gasteiger partial charge in [-0.15, -0.1) is 0 Å². The number of nitrogens with zero attached hydrogens (tertiary/aromatic N) is 4. The Morgan fingerprint density at radius 3 is 2.39 bits per heavy atom. The van der Waals surface area contributed by atoms with E-state index in [1.807, 2.05) is 43.3 Å². The van der Waals surface area contributed by atoms with E-state index in [0.717, 1.165) is 70.2 Å². The van der Waals surface area contributed by atoms with Crippen LogP contribution in [0.4, 0.5) is 0 Å². The van der Waals surface area contributed by atoms with Gasteiger partial charge in [-0.1, -0.05) is 42.0 Å². The molecule has 6 aromatic rings. The molecule has 0 radical (unpaired) electrons. The fraction of sp³-hybridized carbons (Fsp3) is 0.222. The molecule has 1 saturated heterocycles. The van der Waals surface area contributed by atoms with E-state index in [1.165, 1.54) is 10.8 Å². The summed E-state index contributed by atoms with van der Waals surface area (Å²) in [5.74, 6) is 0.841. The summed E-state index contributed by atoms with van der Waals surface area (Å²) in [7, 11) is -2.37. The molecule has 234 valence electrons. The van der Waals surface area contributed by atoms with Crippen LogP contribution in [0.5, 0.6) is 5.75 Å². The van der Waals surface area contributed by atoms with Crippen LogP contribution in [0, 0.1) is 6.92 Å². The van der Waals surface area contributed by atoms with Gasteiger partial charge in [0.1, 0.15) is 17.9 Å². The lowest BCUT2D eigenvalue weighted by atomic mass is 10.0. The van der Waals surface area contributed by atoms with Gasteiger partial charge in [-0.3, -0.25) is 9.69 Å². The van der Waals surface area contributed by atoms with Crippen LogP contribution in [0.25, 0.3) is 44.2 Å². The third-order valence-electron chi connectivity index (χ3n) is 8.50. The van der Waals surface area contributed by atoms with Crippen molar-refractivity contribution in [2.75, 3.05) is 39.5 Å². The van der Waals surface area contributed by atoms with E-state index < -0.39 is 15.6 Å². The highest BCUT2D eigenvalue weighted by atomic mass is 32.2. The molecule has 0 N–H and O–H groups in total. The van der Waals surface area contributed by atoms with E-state index in [0.29, 0.717) is 23.3 Å². The smallest absolute Gasteiger partial charge is 0.275 e. The van der Waals surface area contributed by atoms with E-state index in [9.17, 15) is 13.2 Å². The summed E-state index contributed by atoms with van der Waals surface area (Å²) < 4.78 is 41.0. The molecule has 4 heterocycles. The third kappa shape index (κ3) is 5.71. The van der Waals surface area contributed by atoms with Gasteiger partial charge in [0.15, 0.2) is 0 Å². The summed E-state index contributed by atoms with van der Waals surface area (Å²) in [5, 5.41) is 1.49. The molecular weight excluding hydrogens is 600 g/mol. The van der Waals surface area contributed by atoms with E-state index in [1.54, 1.807) is 43.6 Å². The van der Waals surface area contributed by atoms with Crippen molar-refractivity contribution in [3.05, 3.63) is 113 Å². The summed E-state index contributed by atoms with van der Waals surface area (Å²) in [6.07, 6.45) is 3.15. The first-order chi connectivity index (χ1) is 22.3. The Morgan fingerprint density at radius 1 is 0.891 bits per heavy atom. The van der Waals surface area contributed by atoms with E-state index >= 15 is 0 Å². The zero-order chi connectivity index (χ0) is 31.8. The van der Waals surface area contributed by atoms with Crippen LogP contribution >= 0.6 is 0 Å². The van der Waals surface area contributed by atoms with Crippen LogP contribution in [-0.4, -0.2) is 66.3 Å². The lowest BCUT2D eigenvalue weighted by Crippen LogP contribution is -2.38. The van der Waals surface area contributed by atoms with Gasteiger partial charge in [-0.2, -0.15) is 0 Å². The number of ether oxygens (including phenoxy) is 2. The average Bonchev–Trinajstić information content (AvgIpc) is 3.54. The van der Waals surface area contributed by atoms with Crippen molar-refractivity contribution in [3.8, 4) is 28.1 Å². The minimum atomic E-state index is -3.99. The zero-order valence-corrected chi connectivity index (χ0v) is 26.5. The minimum absolute atomic E-state index is 0.0892. The number of morpholine rings is 1. The van der Waals surface area contributed by atoms with Gasteiger partial charge in [0, 0.05) is 55.4 Å². The number of pyridine rings is 2. The highest BCUT2D eigenvalue weighted by Gasteiger charge is 2.23. The number of rotatable bonds is 8. The number of aryl methyl sites for hydroxylation is 2. The Morgan fingerprint density at radius 2 is 1.63 bits per heavy atom. The second-order valence-electron chi connectivity index (χ2n) is 11.6. The molecular formula is C36H34N4O5S. The van der Waals surface area contributed by atoms with Crippen molar-refractivity contribution in [2.24, 2.45) is 7.05 Å². The maximum Gasteiger partial charge on any atom is 0.275 e. The third-order valence-corrected chi connectivity index (χ3v) is 10.2. The number of hydrogen-bond acceptors (Lipinski definition) is 7. The van der Waals surface area contributed by atoms with Gasteiger partial charge in [0.2, 0.25) is 0 Å². The zero-order valence-electron chi connectivity index (χ0n) is 25.7. The summed E-state index contributed by atoms with van der Waals surface area (Å²) in [4.78, 5) is 20.7. The fourth-order valence-corrected chi connectivity index (χ4v) is 7.22. The summed E-state index contributed by atoms with van der Waals surface area (Å²) >= 11 is 0. The first-order valence-electron chi connectivity index (χ1n) is 15.3. The summed E-state index contributed by atoms with van der Waals surface area (Å²) in [5.41, 5.74) is 4.87. The van der Waals surface area contributed by atoms with Gasteiger partial charge >= 0.3 is 0 Å². The van der Waals surface area contributed by atoms with Crippen LogP contribution < -0.4 is 10.3 Å². The van der Waals surface area contributed by atoms with Crippen molar-refractivity contribution < 1.29 is 17.9 Å². The topological polar surface area (TPSA) is 95.7 Å². The molecule has 3 aromatic carbocycles. The lowest BCUT2D eigenvalue weighted by Gasteiger charge is -2.26. The first-order valence-corrected chi connectivity index (χ1v) is 16.7. The van der Waals surface area contributed by atoms with E-state index in [-0.39, 0.29) is 10.4 Å². The van der Waals surface area contributed by atoms with Crippen LogP contribution in [0.2, 0.25) is 0 Å². The molecule has 3 aromatic heterocycles. The van der Waals surface area contributed by atoms with Gasteiger partial charge in [-0.05, 0) is 66.6 Å². The van der Waals surface area contributed by atoms with Gasteiger partial charge in [0.25, 0.3) is 15.6 Å². The SMILES string of the molecule is Cc1ccc(S(=O)(=O)n2ccc3c(-c4ccc5cc(-c6ccc(OCCN7CCOCC7)cc6)ccc5n4)cn(C)c(=O)c32)cc1. The van der Waals surface area contributed by atoms with Crippen LogP contribution in [0.15, 0.2) is 107 Å². The number of benzene rings is 3. The lowest BCUT2D eigenvalue weighted by molar-refractivity contribution is 0.0322. The monoisotopic (exact) mass is 634 g/mol. The normalized spacial score (nSPS) is 14.2. The molecule has 1 aliphatic rings. The Labute approximate surface area is 267 Å². The Bertz CT molecular complexity index is 2220. The molecule has 10 heteroatoms. The largest absolute Gasteiger partial charge is 0.492 e. The predicted octanol–water partition coefficient (Wildman–Crippen LogP) is 5.48. The van der Waals surface area contributed by atoms with Gasteiger partial charge < -0.3 is 14.0 Å². The molecule has 0 atom stereocenters. The molecule has 1 aliphatic heterocycles. The molecule has 0 bridgehead atoms. The number of aromatic nitrogens is 3. The molecule has 9 nitrogen and oxygen atoms in total. The second-order valence-corrected chi connectivity index (χ2v) is 13.4. The van der Waals surface area contributed by atoms with Crippen molar-refractivity contribution in [2.45, 2.75) is 11.8 Å². The molecule has 0 saturated carbocycles.